The molecule has 0 unspecified atom stereocenters. The highest BCUT2D eigenvalue weighted by Gasteiger charge is 2.13. The topological polar surface area (TPSA) is 33.1 Å². The maximum Gasteiger partial charge on any atom is 0.0853 e. The van der Waals surface area contributed by atoms with E-state index in [-0.39, 0.29) is 0 Å². The van der Waals surface area contributed by atoms with E-state index in [4.69, 9.17) is 0 Å². The SMILES string of the molecule is CCc1nn(C)cc1NCc1ccc2c(c1)CCCN2C. The molecule has 112 valence electrons. The molecule has 0 saturated carbocycles. The fourth-order valence-electron chi connectivity index (χ4n) is 3.09. The van der Waals surface area contributed by atoms with Gasteiger partial charge in [-0.1, -0.05) is 19.1 Å². The second-order valence-electron chi connectivity index (χ2n) is 5.86. The van der Waals surface area contributed by atoms with E-state index < -0.39 is 0 Å². The molecule has 0 saturated heterocycles. The molecule has 0 radical (unpaired) electrons. The Kier molecular flexibility index (Phi) is 3.86. The van der Waals surface area contributed by atoms with Gasteiger partial charge >= 0.3 is 0 Å². The summed E-state index contributed by atoms with van der Waals surface area (Å²) < 4.78 is 1.88. The molecule has 0 aliphatic carbocycles. The van der Waals surface area contributed by atoms with Gasteiger partial charge in [0.1, 0.15) is 0 Å². The molecule has 1 aromatic heterocycles. The van der Waals surface area contributed by atoms with Gasteiger partial charge < -0.3 is 10.2 Å². The van der Waals surface area contributed by atoms with Crippen LogP contribution in [0.1, 0.15) is 30.2 Å². The number of aryl methyl sites for hydroxylation is 3. The molecule has 0 amide bonds. The number of anilines is 2. The number of hydrogen-bond donors (Lipinski definition) is 1. The lowest BCUT2D eigenvalue weighted by atomic mass is 9.99. The van der Waals surface area contributed by atoms with Crippen molar-refractivity contribution < 1.29 is 0 Å². The number of rotatable bonds is 4. The van der Waals surface area contributed by atoms with Crippen LogP contribution in [-0.4, -0.2) is 23.4 Å². The van der Waals surface area contributed by atoms with Crippen molar-refractivity contribution in [1.29, 1.82) is 0 Å². The summed E-state index contributed by atoms with van der Waals surface area (Å²) >= 11 is 0. The van der Waals surface area contributed by atoms with E-state index in [0.717, 1.165) is 24.3 Å². The summed E-state index contributed by atoms with van der Waals surface area (Å²) in [5, 5.41) is 7.99. The first-order chi connectivity index (χ1) is 10.2. The Morgan fingerprint density at radius 3 is 2.95 bits per heavy atom. The molecule has 2 aromatic rings. The zero-order chi connectivity index (χ0) is 14.8. The van der Waals surface area contributed by atoms with Crippen molar-refractivity contribution in [1.82, 2.24) is 9.78 Å². The van der Waals surface area contributed by atoms with Gasteiger partial charge in [0.2, 0.25) is 0 Å². The molecular weight excluding hydrogens is 260 g/mol. The Morgan fingerprint density at radius 1 is 1.29 bits per heavy atom. The summed E-state index contributed by atoms with van der Waals surface area (Å²) in [6, 6.07) is 6.84. The number of nitrogens with zero attached hydrogens (tertiary/aromatic N) is 3. The van der Waals surface area contributed by atoms with E-state index in [2.05, 4.69) is 53.7 Å². The van der Waals surface area contributed by atoms with Crippen molar-refractivity contribution in [2.45, 2.75) is 32.7 Å². The summed E-state index contributed by atoms with van der Waals surface area (Å²) in [5.41, 5.74) is 6.49. The van der Waals surface area contributed by atoms with Gasteiger partial charge in [-0.05, 0) is 36.5 Å². The van der Waals surface area contributed by atoms with Crippen LogP contribution in [-0.2, 0) is 26.4 Å². The van der Waals surface area contributed by atoms with E-state index >= 15 is 0 Å². The van der Waals surface area contributed by atoms with Gasteiger partial charge in [0.05, 0.1) is 11.4 Å². The third-order valence-electron chi connectivity index (χ3n) is 4.22. The lowest BCUT2D eigenvalue weighted by Gasteiger charge is -2.27. The summed E-state index contributed by atoms with van der Waals surface area (Å²) in [5.74, 6) is 0. The Bertz CT molecular complexity index is 630. The number of hydrogen-bond acceptors (Lipinski definition) is 3. The van der Waals surface area contributed by atoms with E-state index in [1.807, 2.05) is 11.7 Å². The first-order valence-corrected chi connectivity index (χ1v) is 7.76. The molecule has 4 nitrogen and oxygen atoms in total. The molecule has 21 heavy (non-hydrogen) atoms. The second kappa shape index (κ2) is 5.80. The molecule has 0 spiro atoms. The van der Waals surface area contributed by atoms with Crippen molar-refractivity contribution in [2.75, 3.05) is 23.8 Å². The molecule has 1 aliphatic heterocycles. The zero-order valence-corrected chi connectivity index (χ0v) is 13.2. The van der Waals surface area contributed by atoms with Gasteiger partial charge in [0, 0.05) is 39.1 Å². The monoisotopic (exact) mass is 284 g/mol. The van der Waals surface area contributed by atoms with Crippen molar-refractivity contribution in [3.8, 4) is 0 Å². The fourth-order valence-corrected chi connectivity index (χ4v) is 3.09. The highest BCUT2D eigenvalue weighted by Crippen LogP contribution is 2.27. The molecule has 1 aromatic carbocycles. The molecule has 0 bridgehead atoms. The smallest absolute Gasteiger partial charge is 0.0853 e. The van der Waals surface area contributed by atoms with Gasteiger partial charge in [-0.15, -0.1) is 0 Å². The van der Waals surface area contributed by atoms with Gasteiger partial charge in [-0.3, -0.25) is 4.68 Å². The third kappa shape index (κ3) is 2.89. The first-order valence-electron chi connectivity index (χ1n) is 7.76. The van der Waals surface area contributed by atoms with Gasteiger partial charge in [0.15, 0.2) is 0 Å². The van der Waals surface area contributed by atoms with Gasteiger partial charge in [-0.2, -0.15) is 5.10 Å². The minimum absolute atomic E-state index is 0.857. The second-order valence-corrected chi connectivity index (χ2v) is 5.86. The van der Waals surface area contributed by atoms with Gasteiger partial charge in [-0.25, -0.2) is 0 Å². The maximum atomic E-state index is 4.47. The van der Waals surface area contributed by atoms with Crippen molar-refractivity contribution >= 4 is 11.4 Å². The minimum Gasteiger partial charge on any atom is -0.378 e. The average molecular weight is 284 g/mol. The summed E-state index contributed by atoms with van der Waals surface area (Å²) in [6.07, 6.45) is 5.47. The lowest BCUT2D eigenvalue weighted by molar-refractivity contribution is 0.743. The minimum atomic E-state index is 0.857. The average Bonchev–Trinajstić information content (AvgIpc) is 2.85. The molecule has 0 atom stereocenters. The predicted octanol–water partition coefficient (Wildman–Crippen LogP) is 2.98. The predicted molar refractivity (Wildman–Crippen MR) is 87.9 cm³/mol. The maximum absolute atomic E-state index is 4.47. The molecule has 1 aliphatic rings. The standard InChI is InChI=1S/C17H24N4/c1-4-15-16(12-21(3)19-15)18-11-13-7-8-17-14(10-13)6-5-9-20(17)2/h7-8,10,12,18H,4-6,9,11H2,1-3H3. The highest BCUT2D eigenvalue weighted by atomic mass is 15.3. The van der Waals surface area contributed by atoms with Crippen molar-refractivity contribution in [3.63, 3.8) is 0 Å². The van der Waals surface area contributed by atoms with Crippen molar-refractivity contribution in [2.24, 2.45) is 7.05 Å². The number of fused-ring (bicyclic) bond motifs is 1. The van der Waals surface area contributed by atoms with Crippen LogP contribution in [0.5, 0.6) is 0 Å². The van der Waals surface area contributed by atoms with Crippen LogP contribution >= 0.6 is 0 Å². The quantitative estimate of drug-likeness (QED) is 0.937. The Balaban J connectivity index is 1.73. The van der Waals surface area contributed by atoms with Crippen LogP contribution in [0.3, 0.4) is 0 Å². The van der Waals surface area contributed by atoms with E-state index in [1.165, 1.54) is 36.2 Å². The summed E-state index contributed by atoms with van der Waals surface area (Å²) in [6.45, 7) is 4.16. The fraction of sp³-hybridized carbons (Fsp3) is 0.471. The van der Waals surface area contributed by atoms with Crippen LogP contribution < -0.4 is 10.2 Å². The van der Waals surface area contributed by atoms with Crippen molar-refractivity contribution in [3.05, 3.63) is 41.2 Å². The van der Waals surface area contributed by atoms with E-state index in [0.29, 0.717) is 0 Å². The third-order valence-corrected chi connectivity index (χ3v) is 4.22. The Hall–Kier alpha value is -1.97. The van der Waals surface area contributed by atoms with Crippen LogP contribution in [0, 0.1) is 0 Å². The Labute approximate surface area is 126 Å². The Morgan fingerprint density at radius 2 is 2.14 bits per heavy atom. The van der Waals surface area contributed by atoms with Crippen LogP contribution in [0.2, 0.25) is 0 Å². The zero-order valence-electron chi connectivity index (χ0n) is 13.2. The summed E-state index contributed by atoms with van der Waals surface area (Å²) in [7, 11) is 4.15. The van der Waals surface area contributed by atoms with Gasteiger partial charge in [0.25, 0.3) is 0 Å². The molecule has 1 N–H and O–H groups in total. The molecule has 0 fully saturated rings. The number of aromatic nitrogens is 2. The summed E-state index contributed by atoms with van der Waals surface area (Å²) in [4.78, 5) is 2.35. The van der Waals surface area contributed by atoms with Crippen LogP contribution in [0.25, 0.3) is 0 Å². The van der Waals surface area contributed by atoms with Crippen LogP contribution in [0.4, 0.5) is 11.4 Å². The lowest BCUT2D eigenvalue weighted by Crippen LogP contribution is -2.24. The molecule has 3 rings (SSSR count). The largest absolute Gasteiger partial charge is 0.378 e. The number of nitrogens with one attached hydrogen (secondary N) is 1. The van der Waals surface area contributed by atoms with E-state index in [1.54, 1.807) is 0 Å². The number of benzene rings is 1. The first kappa shape index (κ1) is 14.0. The molecular formula is C17H24N4. The highest BCUT2D eigenvalue weighted by molar-refractivity contribution is 5.56. The normalized spacial score (nSPS) is 14.1. The molecule has 2 heterocycles. The molecule has 4 heteroatoms. The van der Waals surface area contributed by atoms with Crippen LogP contribution in [0.15, 0.2) is 24.4 Å². The van der Waals surface area contributed by atoms with E-state index in [9.17, 15) is 0 Å².